The molecule has 63 heavy (non-hydrogen) atoms. The third-order valence-corrected chi connectivity index (χ3v) is 20.2. The van der Waals surface area contributed by atoms with Crippen LogP contribution in [-0.4, -0.2) is 55.1 Å². The first-order chi connectivity index (χ1) is 31.3. The van der Waals surface area contributed by atoms with Gasteiger partial charge >= 0.3 is 0 Å². The predicted octanol–water partition coefficient (Wildman–Crippen LogP) is 13.3. The molecule has 2 saturated heterocycles. The molecule has 3 saturated carbocycles. The van der Waals surface area contributed by atoms with Crippen molar-refractivity contribution in [3.05, 3.63) is 168 Å². The summed E-state index contributed by atoms with van der Waals surface area (Å²) in [6.07, 6.45) is 13.0. The van der Waals surface area contributed by atoms with Crippen molar-refractivity contribution in [1.82, 2.24) is 9.97 Å². The van der Waals surface area contributed by atoms with Crippen LogP contribution in [0.4, 0.5) is 11.6 Å². The van der Waals surface area contributed by atoms with Gasteiger partial charge in [-0.2, -0.15) is 0 Å². The summed E-state index contributed by atoms with van der Waals surface area (Å²) in [6, 6.07) is 57.1. The summed E-state index contributed by atoms with van der Waals surface area (Å²) < 4.78 is 0. The Morgan fingerprint density at radius 3 is 1.63 bits per heavy atom. The lowest BCUT2D eigenvalue weighted by molar-refractivity contribution is 0.285. The maximum absolute atomic E-state index is 5.84. The zero-order chi connectivity index (χ0) is 41.2. The first-order valence-electron chi connectivity index (χ1n) is 23.9. The van der Waals surface area contributed by atoms with Gasteiger partial charge in [0.15, 0.2) is 0 Å². The van der Waals surface area contributed by atoms with E-state index in [1.54, 1.807) is 0 Å². The van der Waals surface area contributed by atoms with E-state index in [2.05, 4.69) is 179 Å². The lowest BCUT2D eigenvalue weighted by Gasteiger charge is -2.61. The van der Waals surface area contributed by atoms with Crippen LogP contribution in [0.25, 0.3) is 44.4 Å². The molecular formula is C57H52N4S2. The third kappa shape index (κ3) is 5.37. The number of para-hydroxylation sites is 2. The highest BCUT2D eigenvalue weighted by atomic mass is 32.2. The largest absolute Gasteiger partial charge is 0.363 e. The normalized spacial score (nSPS) is 28.3. The third-order valence-electron chi connectivity index (χ3n) is 16.4. The molecule has 7 aliphatic rings. The SMILES string of the molecule is c1ccc(N2C3CCCCC3SC3C4SC5CCCCC5N(c5nc(-c6ccc7c(c6)-c6ccccc6C76c7ccccc7-c7ccccc76)c6ccccc6n5)C4CCC32)cc1. The number of hydrogen-bond donors (Lipinski definition) is 0. The van der Waals surface area contributed by atoms with Crippen LogP contribution in [0.1, 0.15) is 86.5 Å². The number of anilines is 2. The van der Waals surface area contributed by atoms with Crippen molar-refractivity contribution in [1.29, 1.82) is 0 Å². The standard InChI is InChI=1S/C57H52N4S2/c1-2-16-36(17-3-1)60-47-26-12-14-28-51(47)62-54-49(60)32-33-50-55(54)63-52-29-15-13-27-48(52)61(50)56-58-46-25-11-7-21-40(46)53(59-56)35-30-31-45-41(34-35)39-20-6-10-24-44(39)57(45)42-22-8-4-18-37(42)38-19-5-9-23-43(38)57/h1-11,16-25,30-31,34,47-52,54-55H,12-15,26-29,32-33H2. The molecule has 0 radical (unpaired) electrons. The van der Waals surface area contributed by atoms with E-state index in [1.165, 1.54) is 120 Å². The van der Waals surface area contributed by atoms with Crippen LogP contribution in [0, 0.1) is 0 Å². The van der Waals surface area contributed by atoms with E-state index in [1.807, 2.05) is 0 Å². The number of benzene rings is 6. The minimum Gasteiger partial charge on any atom is -0.363 e. The van der Waals surface area contributed by atoms with E-state index in [9.17, 15) is 0 Å². The van der Waals surface area contributed by atoms with Gasteiger partial charge in [-0.05, 0) is 107 Å². The van der Waals surface area contributed by atoms with Crippen molar-refractivity contribution in [2.24, 2.45) is 0 Å². The Kier molecular flexibility index (Phi) is 8.59. The van der Waals surface area contributed by atoms with Crippen molar-refractivity contribution in [2.45, 2.75) is 115 Å². The molecule has 8 atom stereocenters. The average molecular weight is 857 g/mol. The molecule has 8 unspecified atom stereocenters. The molecule has 4 nitrogen and oxygen atoms in total. The summed E-state index contributed by atoms with van der Waals surface area (Å²) in [6.45, 7) is 0. The highest BCUT2D eigenvalue weighted by molar-refractivity contribution is 8.04. The van der Waals surface area contributed by atoms with Crippen LogP contribution in [0.2, 0.25) is 0 Å². The molecule has 6 heteroatoms. The van der Waals surface area contributed by atoms with Crippen molar-refractivity contribution in [3.8, 4) is 33.5 Å². The molecular weight excluding hydrogens is 805 g/mol. The van der Waals surface area contributed by atoms with Crippen molar-refractivity contribution in [3.63, 3.8) is 0 Å². The smallest absolute Gasteiger partial charge is 0.227 e. The second-order valence-corrected chi connectivity index (χ2v) is 22.2. The number of nitrogens with zero attached hydrogens (tertiary/aromatic N) is 4. The molecule has 0 bridgehead atoms. The van der Waals surface area contributed by atoms with Gasteiger partial charge in [0.25, 0.3) is 0 Å². The molecule has 5 fully saturated rings. The van der Waals surface area contributed by atoms with Crippen molar-refractivity contribution < 1.29 is 0 Å². The predicted molar refractivity (Wildman–Crippen MR) is 264 cm³/mol. The summed E-state index contributed by atoms with van der Waals surface area (Å²) in [5.41, 5.74) is 15.2. The summed E-state index contributed by atoms with van der Waals surface area (Å²) in [5.74, 6) is 0.960. The second kappa shape index (κ2) is 14.5. The van der Waals surface area contributed by atoms with Crippen LogP contribution in [0.15, 0.2) is 146 Å². The Bertz CT molecular complexity index is 2890. The molecule has 1 aromatic heterocycles. The van der Waals surface area contributed by atoms with E-state index in [0.717, 1.165) is 22.5 Å². The topological polar surface area (TPSA) is 32.3 Å². The maximum Gasteiger partial charge on any atom is 0.227 e. The summed E-state index contributed by atoms with van der Waals surface area (Å²) in [4.78, 5) is 17.2. The number of thioether (sulfide) groups is 2. The Morgan fingerprint density at radius 1 is 0.444 bits per heavy atom. The van der Waals surface area contributed by atoms with Gasteiger partial charge in [0.05, 0.1) is 16.6 Å². The first kappa shape index (κ1) is 37.3. The van der Waals surface area contributed by atoms with Crippen LogP contribution >= 0.6 is 23.5 Å². The highest BCUT2D eigenvalue weighted by Crippen LogP contribution is 2.63. The Morgan fingerprint density at radius 2 is 0.968 bits per heavy atom. The molecule has 312 valence electrons. The van der Waals surface area contributed by atoms with Gasteiger partial charge in [-0.25, -0.2) is 9.97 Å². The zero-order valence-electron chi connectivity index (χ0n) is 35.7. The van der Waals surface area contributed by atoms with E-state index in [-0.39, 0.29) is 5.41 Å². The van der Waals surface area contributed by atoms with Crippen LogP contribution in [0.3, 0.4) is 0 Å². The lowest BCUT2D eigenvalue weighted by atomic mass is 9.70. The molecule has 6 aromatic carbocycles. The summed E-state index contributed by atoms with van der Waals surface area (Å²) >= 11 is 4.78. The average Bonchev–Trinajstić information content (AvgIpc) is 3.82. The van der Waals surface area contributed by atoms with Gasteiger partial charge in [0.1, 0.15) is 0 Å². The first-order valence-corrected chi connectivity index (χ1v) is 25.8. The lowest BCUT2D eigenvalue weighted by Crippen LogP contribution is -2.69. The fraction of sp³-hybridized carbons (Fsp3) is 0.333. The van der Waals surface area contributed by atoms with Crippen molar-refractivity contribution >= 4 is 46.1 Å². The highest BCUT2D eigenvalue weighted by Gasteiger charge is 2.57. The molecule has 5 aliphatic carbocycles. The number of fused-ring (bicyclic) bond motifs is 16. The molecule has 14 rings (SSSR count). The Hall–Kier alpha value is -5.04. The van der Waals surface area contributed by atoms with Gasteiger partial charge in [-0.1, -0.05) is 147 Å². The minimum atomic E-state index is -0.350. The Balaban J connectivity index is 0.906. The quantitative estimate of drug-likeness (QED) is 0.176. The van der Waals surface area contributed by atoms with Gasteiger partial charge in [-0.15, -0.1) is 23.5 Å². The monoisotopic (exact) mass is 856 g/mol. The van der Waals surface area contributed by atoms with Gasteiger partial charge in [-0.3, -0.25) is 0 Å². The molecule has 0 amide bonds. The fourth-order valence-corrected chi connectivity index (χ4v) is 18.2. The molecule has 0 N–H and O–H groups in total. The summed E-state index contributed by atoms with van der Waals surface area (Å²) in [5, 5.41) is 3.59. The van der Waals surface area contributed by atoms with E-state index in [4.69, 9.17) is 9.97 Å². The van der Waals surface area contributed by atoms with Gasteiger partial charge in [0.2, 0.25) is 5.95 Å². The van der Waals surface area contributed by atoms with Gasteiger partial charge < -0.3 is 9.80 Å². The zero-order valence-corrected chi connectivity index (χ0v) is 37.3. The fourth-order valence-electron chi connectivity index (χ4n) is 14.0. The van der Waals surface area contributed by atoms with E-state index >= 15 is 0 Å². The van der Waals surface area contributed by atoms with Crippen LogP contribution in [-0.2, 0) is 5.41 Å². The van der Waals surface area contributed by atoms with Gasteiger partial charge in [0, 0.05) is 61.8 Å². The number of hydrogen-bond acceptors (Lipinski definition) is 6. The van der Waals surface area contributed by atoms with E-state index < -0.39 is 0 Å². The van der Waals surface area contributed by atoms with E-state index in [0.29, 0.717) is 45.2 Å². The minimum absolute atomic E-state index is 0.350. The molecule has 3 heterocycles. The van der Waals surface area contributed by atoms with Crippen LogP contribution < -0.4 is 9.80 Å². The summed E-state index contributed by atoms with van der Waals surface area (Å²) in [7, 11) is 0. The second-order valence-electron chi connectivity index (χ2n) is 19.4. The number of rotatable bonds is 3. The van der Waals surface area contributed by atoms with Crippen LogP contribution in [0.5, 0.6) is 0 Å². The Labute approximate surface area is 379 Å². The molecule has 2 aliphatic heterocycles. The molecule has 1 spiro atoms. The maximum atomic E-state index is 5.84. The molecule has 7 aromatic rings. The van der Waals surface area contributed by atoms with Crippen molar-refractivity contribution in [2.75, 3.05) is 9.80 Å². The number of aromatic nitrogens is 2.